The van der Waals surface area contributed by atoms with Gasteiger partial charge in [0.05, 0.1) is 12.1 Å². The Labute approximate surface area is 141 Å². The minimum Gasteiger partial charge on any atom is -0.352 e. The molecule has 3 heterocycles. The van der Waals surface area contributed by atoms with Crippen molar-refractivity contribution in [3.63, 3.8) is 0 Å². The smallest absolute Gasteiger partial charge is 0.265 e. The normalized spacial score (nSPS) is 20.5. The van der Waals surface area contributed by atoms with Crippen LogP contribution in [-0.2, 0) is 4.79 Å². The zero-order chi connectivity index (χ0) is 16.6. The van der Waals surface area contributed by atoms with Gasteiger partial charge in [-0.2, -0.15) is 0 Å². The Morgan fingerprint density at radius 2 is 2.17 bits per heavy atom. The van der Waals surface area contributed by atoms with Gasteiger partial charge in [0.15, 0.2) is 5.13 Å². The number of fused-ring (bicyclic) bond motifs is 1. The molecule has 3 aromatic rings. The molecule has 0 spiro atoms. The fraction of sp³-hybridized carbons (Fsp3) is 0.250. The Balaban J connectivity index is 1.58. The lowest BCUT2D eigenvalue weighted by atomic mass is 10.1. The van der Waals surface area contributed by atoms with Crippen molar-refractivity contribution in [2.75, 3.05) is 23.3 Å². The molecular weight excluding hydrogens is 329 g/mol. The lowest BCUT2D eigenvalue weighted by molar-refractivity contribution is -0.126. The molecule has 122 valence electrons. The summed E-state index contributed by atoms with van der Waals surface area (Å²) in [7, 11) is 0. The number of hydrogen-bond donors (Lipinski definition) is 1. The van der Waals surface area contributed by atoms with Crippen LogP contribution in [0, 0.1) is 0 Å². The first-order valence-corrected chi connectivity index (χ1v) is 8.38. The summed E-state index contributed by atoms with van der Waals surface area (Å²) >= 11 is 1.26. The number of benzene rings is 1. The fourth-order valence-corrected chi connectivity index (χ4v) is 3.40. The largest absolute Gasteiger partial charge is 0.352 e. The molecule has 0 saturated carbocycles. The number of nitrogens with zero attached hydrogens (tertiary/aromatic N) is 4. The lowest BCUT2D eigenvalue weighted by Crippen LogP contribution is -2.41. The van der Waals surface area contributed by atoms with Crippen LogP contribution in [0.4, 0.5) is 15.3 Å². The topological polar surface area (TPSA) is 71.0 Å². The van der Waals surface area contributed by atoms with Crippen LogP contribution in [0.25, 0.3) is 10.9 Å². The number of carbonyl (C=O) groups is 1. The molecule has 0 bridgehead atoms. The van der Waals surface area contributed by atoms with Gasteiger partial charge in [-0.1, -0.05) is 12.1 Å². The van der Waals surface area contributed by atoms with E-state index in [1.54, 1.807) is 16.5 Å². The van der Waals surface area contributed by atoms with Crippen molar-refractivity contribution < 1.29 is 9.18 Å². The van der Waals surface area contributed by atoms with Gasteiger partial charge in [0.1, 0.15) is 12.1 Å². The van der Waals surface area contributed by atoms with E-state index in [0.717, 1.165) is 10.9 Å². The number of anilines is 2. The Bertz CT molecular complexity index is 882. The SMILES string of the molecule is O=C(Nc1nccs1)C1(F)CCN(c2ncnc3ccccc23)C1. The van der Waals surface area contributed by atoms with Gasteiger partial charge in [0.25, 0.3) is 5.91 Å². The summed E-state index contributed by atoms with van der Waals surface area (Å²) in [5, 5.41) is 5.54. The van der Waals surface area contributed by atoms with E-state index in [2.05, 4.69) is 20.3 Å². The van der Waals surface area contributed by atoms with Crippen molar-refractivity contribution in [2.24, 2.45) is 0 Å². The van der Waals surface area contributed by atoms with E-state index in [-0.39, 0.29) is 13.0 Å². The third-order valence-corrected chi connectivity index (χ3v) is 4.79. The first-order valence-electron chi connectivity index (χ1n) is 7.50. The molecule has 1 aliphatic heterocycles. The summed E-state index contributed by atoms with van der Waals surface area (Å²) < 4.78 is 15.1. The lowest BCUT2D eigenvalue weighted by Gasteiger charge is -2.21. The summed E-state index contributed by atoms with van der Waals surface area (Å²) in [6.07, 6.45) is 3.15. The second-order valence-corrected chi connectivity index (χ2v) is 6.54. The van der Waals surface area contributed by atoms with Crippen LogP contribution in [0.1, 0.15) is 6.42 Å². The second kappa shape index (κ2) is 5.79. The highest BCUT2D eigenvalue weighted by Crippen LogP contribution is 2.33. The molecule has 1 fully saturated rings. The molecule has 1 atom stereocenters. The van der Waals surface area contributed by atoms with Gasteiger partial charge in [-0.25, -0.2) is 19.3 Å². The number of amides is 1. The Kier molecular flexibility index (Phi) is 3.61. The summed E-state index contributed by atoms with van der Waals surface area (Å²) in [6.45, 7) is 0.383. The van der Waals surface area contributed by atoms with E-state index in [1.807, 2.05) is 24.3 Å². The third kappa shape index (κ3) is 2.58. The average Bonchev–Trinajstić information content (AvgIpc) is 3.25. The molecule has 1 aromatic carbocycles. The number of aromatic nitrogens is 3. The number of thiazole rings is 1. The number of para-hydroxylation sites is 1. The predicted molar refractivity (Wildman–Crippen MR) is 91.0 cm³/mol. The van der Waals surface area contributed by atoms with Crippen molar-refractivity contribution in [2.45, 2.75) is 12.1 Å². The first-order chi connectivity index (χ1) is 11.7. The number of hydrogen-bond acceptors (Lipinski definition) is 6. The van der Waals surface area contributed by atoms with Gasteiger partial charge in [-0.05, 0) is 12.1 Å². The minimum absolute atomic E-state index is 0.0365. The molecule has 4 rings (SSSR count). The first kappa shape index (κ1) is 14.9. The molecular formula is C16H14FN5OS. The molecule has 0 radical (unpaired) electrons. The molecule has 8 heteroatoms. The Morgan fingerprint density at radius 3 is 3.00 bits per heavy atom. The summed E-state index contributed by atoms with van der Waals surface area (Å²) in [6, 6.07) is 7.57. The van der Waals surface area contributed by atoms with Crippen molar-refractivity contribution in [3.8, 4) is 0 Å². The van der Waals surface area contributed by atoms with E-state index < -0.39 is 11.6 Å². The molecule has 0 aliphatic carbocycles. The maximum absolute atomic E-state index is 15.1. The van der Waals surface area contributed by atoms with E-state index in [0.29, 0.717) is 17.5 Å². The summed E-state index contributed by atoms with van der Waals surface area (Å²) in [5.41, 5.74) is -1.16. The summed E-state index contributed by atoms with van der Waals surface area (Å²) in [4.78, 5) is 26.6. The molecule has 24 heavy (non-hydrogen) atoms. The highest BCUT2D eigenvalue weighted by molar-refractivity contribution is 7.13. The van der Waals surface area contributed by atoms with Gasteiger partial charge in [0, 0.05) is 29.9 Å². The fourth-order valence-electron chi connectivity index (χ4n) is 2.88. The van der Waals surface area contributed by atoms with Crippen LogP contribution in [0.2, 0.25) is 0 Å². The number of halogens is 1. The zero-order valence-electron chi connectivity index (χ0n) is 12.6. The molecule has 1 amide bonds. The van der Waals surface area contributed by atoms with Crippen LogP contribution in [0.5, 0.6) is 0 Å². The van der Waals surface area contributed by atoms with Gasteiger partial charge >= 0.3 is 0 Å². The third-order valence-electron chi connectivity index (χ3n) is 4.10. The second-order valence-electron chi connectivity index (χ2n) is 5.64. The van der Waals surface area contributed by atoms with Gasteiger partial charge in [-0.15, -0.1) is 11.3 Å². The molecule has 1 unspecified atom stereocenters. The standard InChI is InChI=1S/C16H14FN5OS/c17-16(14(23)21-15-18-6-8-24-15)5-7-22(9-16)13-11-3-1-2-4-12(11)19-10-20-13/h1-4,6,8,10H,5,7,9H2,(H,18,21,23). The quantitative estimate of drug-likeness (QED) is 0.792. The number of nitrogens with one attached hydrogen (secondary N) is 1. The molecule has 1 saturated heterocycles. The molecule has 1 N–H and O–H groups in total. The monoisotopic (exact) mass is 343 g/mol. The van der Waals surface area contributed by atoms with Crippen molar-refractivity contribution in [1.82, 2.24) is 15.0 Å². The van der Waals surface area contributed by atoms with Crippen LogP contribution in [0.3, 0.4) is 0 Å². The van der Waals surface area contributed by atoms with Crippen molar-refractivity contribution in [1.29, 1.82) is 0 Å². The van der Waals surface area contributed by atoms with Crippen LogP contribution >= 0.6 is 11.3 Å². The van der Waals surface area contributed by atoms with E-state index in [1.165, 1.54) is 17.7 Å². The Morgan fingerprint density at radius 1 is 1.29 bits per heavy atom. The van der Waals surface area contributed by atoms with Gasteiger partial charge < -0.3 is 4.90 Å². The van der Waals surface area contributed by atoms with Gasteiger partial charge in [-0.3, -0.25) is 10.1 Å². The summed E-state index contributed by atoms with van der Waals surface area (Å²) in [5.74, 6) is 0.000449. The number of alkyl halides is 1. The Hall–Kier alpha value is -2.61. The highest BCUT2D eigenvalue weighted by Gasteiger charge is 2.46. The van der Waals surface area contributed by atoms with Crippen LogP contribution < -0.4 is 10.2 Å². The van der Waals surface area contributed by atoms with Crippen LogP contribution in [-0.4, -0.2) is 39.6 Å². The van der Waals surface area contributed by atoms with Crippen molar-refractivity contribution in [3.05, 3.63) is 42.2 Å². The maximum Gasteiger partial charge on any atom is 0.265 e. The van der Waals surface area contributed by atoms with Crippen molar-refractivity contribution >= 4 is 39.1 Å². The number of carbonyl (C=O) groups excluding carboxylic acids is 1. The highest BCUT2D eigenvalue weighted by atomic mass is 32.1. The van der Waals surface area contributed by atoms with Crippen LogP contribution in [0.15, 0.2) is 42.2 Å². The van der Waals surface area contributed by atoms with E-state index >= 15 is 4.39 Å². The predicted octanol–water partition coefficient (Wildman–Crippen LogP) is 2.64. The molecule has 1 aliphatic rings. The average molecular weight is 343 g/mol. The zero-order valence-corrected chi connectivity index (χ0v) is 13.5. The van der Waals surface area contributed by atoms with Gasteiger partial charge in [0.2, 0.25) is 5.67 Å². The molecule has 2 aromatic heterocycles. The number of rotatable bonds is 3. The van der Waals surface area contributed by atoms with E-state index in [9.17, 15) is 4.79 Å². The van der Waals surface area contributed by atoms with E-state index in [4.69, 9.17) is 0 Å². The minimum atomic E-state index is -1.96. The molecule has 6 nitrogen and oxygen atoms in total. The maximum atomic E-state index is 15.1.